The topological polar surface area (TPSA) is 113 Å². The number of aryl methyl sites for hydroxylation is 1. The van der Waals surface area contributed by atoms with E-state index in [9.17, 15) is 13.2 Å². The summed E-state index contributed by atoms with van der Waals surface area (Å²) in [4.78, 5) is 12.5. The third kappa shape index (κ3) is 4.49. The first-order chi connectivity index (χ1) is 13.4. The maximum Gasteiger partial charge on any atom is 0.279 e. The number of benzene rings is 2. The van der Waals surface area contributed by atoms with Crippen molar-refractivity contribution in [3.8, 4) is 5.75 Å². The van der Waals surface area contributed by atoms with E-state index >= 15 is 0 Å². The summed E-state index contributed by atoms with van der Waals surface area (Å²) in [6, 6.07) is 14.0. The van der Waals surface area contributed by atoms with Gasteiger partial charge in [0, 0.05) is 12.2 Å². The van der Waals surface area contributed by atoms with Crippen LogP contribution in [0.5, 0.6) is 5.75 Å². The summed E-state index contributed by atoms with van der Waals surface area (Å²) in [6.45, 7) is 2.14. The lowest BCUT2D eigenvalue weighted by Gasteiger charge is -2.09. The normalized spacial score (nSPS) is 11.1. The molecule has 0 radical (unpaired) electrons. The minimum atomic E-state index is -4.00. The molecule has 3 N–H and O–H groups in total. The van der Waals surface area contributed by atoms with Gasteiger partial charge in [-0.05, 0) is 36.8 Å². The molecule has 0 spiro atoms. The fourth-order valence-electron chi connectivity index (χ4n) is 2.49. The van der Waals surface area contributed by atoms with Gasteiger partial charge in [-0.15, -0.1) is 0 Å². The zero-order chi connectivity index (χ0) is 20.1. The summed E-state index contributed by atoms with van der Waals surface area (Å²) in [5.41, 5.74) is 2.18. The number of anilines is 1. The van der Waals surface area contributed by atoms with Crippen molar-refractivity contribution in [1.82, 2.24) is 15.5 Å². The second-order valence-corrected chi connectivity index (χ2v) is 7.73. The van der Waals surface area contributed by atoms with E-state index in [4.69, 9.17) is 4.74 Å². The SMILES string of the molecule is COc1ccc(CNC(=O)c2cn[nH]c2S(=O)(=O)Nc2ccc(C)cc2)cc1. The predicted octanol–water partition coefficient (Wildman–Crippen LogP) is 2.46. The summed E-state index contributed by atoms with van der Waals surface area (Å²) in [5, 5.41) is 8.51. The van der Waals surface area contributed by atoms with E-state index in [0.717, 1.165) is 11.1 Å². The van der Waals surface area contributed by atoms with E-state index in [-0.39, 0.29) is 17.1 Å². The minimum absolute atomic E-state index is 0.0619. The molecular weight excluding hydrogens is 380 g/mol. The number of aromatic nitrogens is 2. The van der Waals surface area contributed by atoms with Crippen LogP contribution in [0.3, 0.4) is 0 Å². The fraction of sp³-hybridized carbons (Fsp3) is 0.158. The number of methoxy groups -OCH3 is 1. The number of carbonyl (C=O) groups excluding carboxylic acids is 1. The van der Waals surface area contributed by atoms with Gasteiger partial charge >= 0.3 is 0 Å². The van der Waals surface area contributed by atoms with Crippen LogP contribution in [0.15, 0.2) is 59.8 Å². The van der Waals surface area contributed by atoms with Crippen molar-refractivity contribution in [2.24, 2.45) is 0 Å². The Kier molecular flexibility index (Phi) is 5.65. The standard InChI is InChI=1S/C19H20N4O4S/c1-13-3-7-15(8-4-13)23-28(25,26)19-17(12-21-22-19)18(24)20-11-14-5-9-16(27-2)10-6-14/h3-10,12,23H,11H2,1-2H3,(H,20,24)(H,21,22). The van der Waals surface area contributed by atoms with Gasteiger partial charge in [0.25, 0.3) is 15.9 Å². The monoisotopic (exact) mass is 400 g/mol. The maximum absolute atomic E-state index is 12.6. The molecule has 3 aromatic rings. The first kappa shape index (κ1) is 19.4. The highest BCUT2D eigenvalue weighted by atomic mass is 32.2. The second-order valence-electron chi connectivity index (χ2n) is 6.12. The molecule has 0 saturated heterocycles. The van der Waals surface area contributed by atoms with E-state index in [1.165, 1.54) is 6.20 Å². The molecule has 1 heterocycles. The molecule has 0 aliphatic heterocycles. The Morgan fingerprint density at radius 3 is 2.43 bits per heavy atom. The smallest absolute Gasteiger partial charge is 0.279 e. The van der Waals surface area contributed by atoms with Crippen molar-refractivity contribution < 1.29 is 17.9 Å². The summed E-state index contributed by atoms with van der Waals surface area (Å²) >= 11 is 0. The average molecular weight is 400 g/mol. The molecule has 28 heavy (non-hydrogen) atoms. The van der Waals surface area contributed by atoms with E-state index in [0.29, 0.717) is 11.4 Å². The average Bonchev–Trinajstić information content (AvgIpc) is 3.19. The third-order valence-corrected chi connectivity index (χ3v) is 5.39. The van der Waals surface area contributed by atoms with E-state index < -0.39 is 15.9 Å². The molecule has 146 valence electrons. The lowest BCUT2D eigenvalue weighted by atomic mass is 10.2. The van der Waals surface area contributed by atoms with Crippen molar-refractivity contribution in [2.75, 3.05) is 11.8 Å². The fourth-order valence-corrected chi connectivity index (χ4v) is 3.65. The number of carbonyl (C=O) groups is 1. The first-order valence-corrected chi connectivity index (χ1v) is 9.91. The Balaban J connectivity index is 1.72. The van der Waals surface area contributed by atoms with Crippen molar-refractivity contribution >= 4 is 21.6 Å². The summed E-state index contributed by atoms with van der Waals surface area (Å²) in [5.74, 6) is 0.161. The van der Waals surface area contributed by atoms with Gasteiger partial charge in [-0.3, -0.25) is 14.6 Å². The highest BCUT2D eigenvalue weighted by Gasteiger charge is 2.25. The number of H-pyrrole nitrogens is 1. The van der Waals surface area contributed by atoms with E-state index in [1.54, 1.807) is 43.5 Å². The highest BCUT2D eigenvalue weighted by molar-refractivity contribution is 7.92. The Labute approximate surface area is 163 Å². The van der Waals surface area contributed by atoms with Crippen LogP contribution in [0.4, 0.5) is 5.69 Å². The number of rotatable bonds is 7. The molecule has 0 bridgehead atoms. The Morgan fingerprint density at radius 1 is 1.11 bits per heavy atom. The van der Waals surface area contributed by atoms with Crippen LogP contribution in [-0.2, 0) is 16.6 Å². The van der Waals surface area contributed by atoms with Crippen LogP contribution >= 0.6 is 0 Å². The lowest BCUT2D eigenvalue weighted by Crippen LogP contribution is -2.25. The van der Waals surface area contributed by atoms with Gasteiger partial charge in [0.1, 0.15) is 5.75 Å². The zero-order valence-corrected chi connectivity index (χ0v) is 16.2. The van der Waals surface area contributed by atoms with Crippen LogP contribution in [0, 0.1) is 6.92 Å². The number of ether oxygens (including phenoxy) is 1. The summed E-state index contributed by atoms with van der Waals surface area (Å²) in [7, 11) is -2.42. The van der Waals surface area contributed by atoms with Crippen LogP contribution in [0.25, 0.3) is 0 Å². The minimum Gasteiger partial charge on any atom is -0.497 e. The van der Waals surface area contributed by atoms with Gasteiger partial charge in [-0.25, -0.2) is 0 Å². The maximum atomic E-state index is 12.6. The first-order valence-electron chi connectivity index (χ1n) is 8.43. The number of sulfonamides is 1. The molecule has 8 nitrogen and oxygen atoms in total. The molecule has 0 aliphatic rings. The van der Waals surface area contributed by atoms with Crippen LogP contribution in [0.2, 0.25) is 0 Å². The summed E-state index contributed by atoms with van der Waals surface area (Å²) in [6.07, 6.45) is 1.19. The van der Waals surface area contributed by atoms with Crippen molar-refractivity contribution in [1.29, 1.82) is 0 Å². The van der Waals surface area contributed by atoms with Gasteiger partial charge in [0.2, 0.25) is 0 Å². The molecule has 0 unspecified atom stereocenters. The Hall–Kier alpha value is -3.33. The van der Waals surface area contributed by atoms with E-state index in [2.05, 4.69) is 20.2 Å². The molecule has 9 heteroatoms. The molecule has 0 fully saturated rings. The van der Waals surface area contributed by atoms with Crippen molar-refractivity contribution in [3.63, 3.8) is 0 Å². The van der Waals surface area contributed by atoms with Gasteiger partial charge in [0.05, 0.1) is 18.9 Å². The number of amides is 1. The van der Waals surface area contributed by atoms with Crippen LogP contribution in [-0.4, -0.2) is 31.6 Å². The third-order valence-electron chi connectivity index (χ3n) is 4.03. The number of nitrogens with zero attached hydrogens (tertiary/aromatic N) is 1. The molecule has 0 saturated carbocycles. The molecule has 2 aromatic carbocycles. The Bertz CT molecular complexity index is 1060. The number of nitrogens with one attached hydrogen (secondary N) is 3. The molecule has 3 rings (SSSR count). The lowest BCUT2D eigenvalue weighted by molar-refractivity contribution is 0.0947. The van der Waals surface area contributed by atoms with Gasteiger partial charge in [-0.1, -0.05) is 29.8 Å². The second kappa shape index (κ2) is 8.13. The molecule has 1 amide bonds. The summed E-state index contributed by atoms with van der Waals surface area (Å²) < 4.78 is 32.8. The van der Waals surface area contributed by atoms with Crippen molar-refractivity contribution in [3.05, 3.63) is 71.4 Å². The van der Waals surface area contributed by atoms with Gasteiger partial charge < -0.3 is 10.1 Å². The molecule has 1 aromatic heterocycles. The van der Waals surface area contributed by atoms with Crippen molar-refractivity contribution in [2.45, 2.75) is 18.5 Å². The van der Waals surface area contributed by atoms with E-state index in [1.807, 2.05) is 19.1 Å². The molecule has 0 aliphatic carbocycles. The quantitative estimate of drug-likeness (QED) is 0.564. The van der Waals surface area contributed by atoms with Crippen LogP contribution < -0.4 is 14.8 Å². The largest absolute Gasteiger partial charge is 0.497 e. The zero-order valence-electron chi connectivity index (χ0n) is 15.4. The Morgan fingerprint density at radius 2 is 1.79 bits per heavy atom. The van der Waals surface area contributed by atoms with Gasteiger partial charge in [-0.2, -0.15) is 13.5 Å². The number of hydrogen-bond donors (Lipinski definition) is 3. The number of hydrogen-bond acceptors (Lipinski definition) is 5. The highest BCUT2D eigenvalue weighted by Crippen LogP contribution is 2.18. The van der Waals surface area contributed by atoms with Gasteiger partial charge in [0.15, 0.2) is 5.03 Å². The molecular formula is C19H20N4O4S. The number of aromatic amines is 1. The predicted molar refractivity (Wildman–Crippen MR) is 105 cm³/mol. The van der Waals surface area contributed by atoms with Crippen LogP contribution in [0.1, 0.15) is 21.5 Å². The molecule has 0 atom stereocenters.